The highest BCUT2D eigenvalue weighted by Crippen LogP contribution is 2.23. The molecule has 1 aliphatic heterocycles. The third kappa shape index (κ3) is 4.24. The number of sulfone groups is 1. The van der Waals surface area contributed by atoms with Crippen LogP contribution in [0.25, 0.3) is 0 Å². The lowest BCUT2D eigenvalue weighted by Crippen LogP contribution is -2.37. The number of benzene rings is 1. The predicted molar refractivity (Wildman–Crippen MR) is 102 cm³/mol. The molecule has 26 heavy (non-hydrogen) atoms. The van der Waals surface area contributed by atoms with E-state index in [1.54, 1.807) is 19.4 Å². The fourth-order valence-electron chi connectivity index (χ4n) is 3.20. The molecule has 140 valence electrons. The van der Waals surface area contributed by atoms with E-state index in [1.807, 2.05) is 36.1 Å². The summed E-state index contributed by atoms with van der Waals surface area (Å²) in [5.74, 6) is 2.48. The summed E-state index contributed by atoms with van der Waals surface area (Å²) in [6, 6.07) is 9.55. The summed E-state index contributed by atoms with van der Waals surface area (Å²) in [7, 11) is -1.30. The lowest BCUT2D eigenvalue weighted by atomic mass is 10.2. The van der Waals surface area contributed by atoms with Crippen LogP contribution in [0.3, 0.4) is 0 Å². The van der Waals surface area contributed by atoms with E-state index in [4.69, 9.17) is 4.74 Å². The summed E-state index contributed by atoms with van der Waals surface area (Å²) in [4.78, 5) is 10.9. The average Bonchev–Trinajstić information content (AvgIpc) is 3.01. The number of ether oxygens (including phenoxy) is 1. The Morgan fingerprint density at radius 1 is 1.31 bits per heavy atom. The first kappa shape index (κ1) is 18.4. The van der Waals surface area contributed by atoms with Gasteiger partial charge in [0.25, 0.3) is 0 Å². The van der Waals surface area contributed by atoms with Crippen molar-refractivity contribution in [1.29, 1.82) is 0 Å². The van der Waals surface area contributed by atoms with Crippen molar-refractivity contribution in [2.75, 3.05) is 35.4 Å². The first-order valence-electron chi connectivity index (χ1n) is 8.68. The van der Waals surface area contributed by atoms with Crippen molar-refractivity contribution in [1.82, 2.24) is 9.97 Å². The van der Waals surface area contributed by atoms with Gasteiger partial charge in [-0.25, -0.2) is 13.4 Å². The molecule has 1 fully saturated rings. The second-order valence-corrected chi connectivity index (χ2v) is 8.48. The molecule has 1 aliphatic rings. The topological polar surface area (TPSA) is 84.4 Å². The molecule has 1 unspecified atom stereocenters. The van der Waals surface area contributed by atoms with Crippen molar-refractivity contribution >= 4 is 21.6 Å². The van der Waals surface area contributed by atoms with Crippen LogP contribution in [0.4, 0.5) is 11.8 Å². The van der Waals surface area contributed by atoms with E-state index < -0.39 is 9.84 Å². The van der Waals surface area contributed by atoms with E-state index in [9.17, 15) is 8.42 Å². The average molecular weight is 376 g/mol. The maximum Gasteiger partial charge on any atom is 0.227 e. The molecule has 2 aromatic rings. The van der Waals surface area contributed by atoms with Crippen LogP contribution in [0.2, 0.25) is 0 Å². The van der Waals surface area contributed by atoms with E-state index >= 15 is 0 Å². The number of methoxy groups -OCH3 is 1. The summed E-state index contributed by atoms with van der Waals surface area (Å²) >= 11 is 0. The minimum Gasteiger partial charge on any atom is -0.496 e. The SMILES string of the molecule is CCN(c1nccc(NCc2ccccc2OC)n1)C1CCS(=O)(=O)C1. The minimum absolute atomic E-state index is 0.0607. The van der Waals surface area contributed by atoms with Crippen LogP contribution in [-0.2, 0) is 16.4 Å². The molecule has 3 rings (SSSR count). The second kappa shape index (κ2) is 7.90. The van der Waals surface area contributed by atoms with Crippen LogP contribution < -0.4 is 15.0 Å². The molecule has 1 saturated heterocycles. The highest BCUT2D eigenvalue weighted by molar-refractivity contribution is 7.91. The number of rotatable bonds is 7. The van der Waals surface area contributed by atoms with Gasteiger partial charge in [-0.3, -0.25) is 0 Å². The summed E-state index contributed by atoms with van der Waals surface area (Å²) in [6.07, 6.45) is 2.32. The van der Waals surface area contributed by atoms with Crippen LogP contribution in [0.1, 0.15) is 18.9 Å². The molecular weight excluding hydrogens is 352 g/mol. The molecule has 1 atom stereocenters. The minimum atomic E-state index is -2.95. The van der Waals surface area contributed by atoms with Gasteiger partial charge in [-0.2, -0.15) is 4.98 Å². The van der Waals surface area contributed by atoms with Gasteiger partial charge in [0.1, 0.15) is 11.6 Å². The molecule has 1 aromatic carbocycles. The summed E-state index contributed by atoms with van der Waals surface area (Å²) < 4.78 is 28.9. The maximum atomic E-state index is 11.8. The zero-order valence-corrected chi connectivity index (χ0v) is 15.9. The van der Waals surface area contributed by atoms with Gasteiger partial charge in [0.15, 0.2) is 9.84 Å². The monoisotopic (exact) mass is 376 g/mol. The largest absolute Gasteiger partial charge is 0.496 e. The van der Waals surface area contributed by atoms with E-state index in [0.29, 0.717) is 31.3 Å². The molecule has 1 aromatic heterocycles. The van der Waals surface area contributed by atoms with Gasteiger partial charge < -0.3 is 15.0 Å². The van der Waals surface area contributed by atoms with Crippen LogP contribution in [0, 0.1) is 0 Å². The van der Waals surface area contributed by atoms with Gasteiger partial charge in [-0.15, -0.1) is 0 Å². The van der Waals surface area contributed by atoms with Crippen LogP contribution >= 0.6 is 0 Å². The van der Waals surface area contributed by atoms with Gasteiger partial charge in [0, 0.05) is 30.9 Å². The summed E-state index contributed by atoms with van der Waals surface area (Å²) in [5.41, 5.74) is 1.03. The number of hydrogen-bond acceptors (Lipinski definition) is 7. The standard InChI is InChI=1S/C18H24N4O3S/c1-3-22(15-9-11-26(23,24)13-15)18-19-10-8-17(21-18)20-12-14-6-4-5-7-16(14)25-2/h4-8,10,15H,3,9,11-13H2,1-2H3,(H,19,20,21). The van der Waals surface area contributed by atoms with Gasteiger partial charge in [0.05, 0.1) is 18.6 Å². The van der Waals surface area contributed by atoms with E-state index in [-0.39, 0.29) is 17.5 Å². The fraction of sp³-hybridized carbons (Fsp3) is 0.444. The Balaban J connectivity index is 1.73. The van der Waals surface area contributed by atoms with Gasteiger partial charge in [-0.05, 0) is 25.5 Å². The Morgan fingerprint density at radius 2 is 2.12 bits per heavy atom. The van der Waals surface area contributed by atoms with Crippen molar-refractivity contribution in [2.24, 2.45) is 0 Å². The lowest BCUT2D eigenvalue weighted by Gasteiger charge is -2.27. The highest BCUT2D eigenvalue weighted by Gasteiger charge is 2.32. The van der Waals surface area contributed by atoms with E-state index in [2.05, 4.69) is 15.3 Å². The van der Waals surface area contributed by atoms with Crippen molar-refractivity contribution in [3.05, 3.63) is 42.1 Å². The van der Waals surface area contributed by atoms with Gasteiger partial charge in [-0.1, -0.05) is 18.2 Å². The van der Waals surface area contributed by atoms with Crippen molar-refractivity contribution in [2.45, 2.75) is 25.9 Å². The first-order chi connectivity index (χ1) is 12.5. The fourth-order valence-corrected chi connectivity index (χ4v) is 4.93. The molecule has 7 nitrogen and oxygen atoms in total. The molecular formula is C18H24N4O3S. The molecule has 0 spiro atoms. The number of nitrogens with one attached hydrogen (secondary N) is 1. The zero-order valence-electron chi connectivity index (χ0n) is 15.1. The molecule has 8 heteroatoms. The maximum absolute atomic E-state index is 11.8. The summed E-state index contributed by atoms with van der Waals surface area (Å²) in [6.45, 7) is 3.23. The Hall–Kier alpha value is -2.35. The Kier molecular flexibility index (Phi) is 5.61. The Labute approximate surface area is 154 Å². The van der Waals surface area contributed by atoms with Crippen molar-refractivity contribution in [3.8, 4) is 5.75 Å². The van der Waals surface area contributed by atoms with Crippen LogP contribution in [0.15, 0.2) is 36.5 Å². The third-order valence-corrected chi connectivity index (χ3v) is 6.29. The summed E-state index contributed by atoms with van der Waals surface area (Å²) in [5, 5.41) is 3.29. The van der Waals surface area contributed by atoms with Crippen molar-refractivity contribution < 1.29 is 13.2 Å². The molecule has 0 radical (unpaired) electrons. The van der Waals surface area contributed by atoms with Crippen molar-refractivity contribution in [3.63, 3.8) is 0 Å². The number of para-hydroxylation sites is 1. The number of aromatic nitrogens is 2. The van der Waals surface area contributed by atoms with E-state index in [0.717, 1.165) is 11.3 Å². The first-order valence-corrected chi connectivity index (χ1v) is 10.5. The molecule has 0 aliphatic carbocycles. The molecule has 0 bridgehead atoms. The predicted octanol–water partition coefficient (Wildman–Crippen LogP) is 2.11. The lowest BCUT2D eigenvalue weighted by molar-refractivity contribution is 0.410. The highest BCUT2D eigenvalue weighted by atomic mass is 32.2. The van der Waals surface area contributed by atoms with Crippen LogP contribution in [-0.4, -0.2) is 49.6 Å². The normalized spacial score (nSPS) is 18.5. The number of anilines is 2. The molecule has 0 amide bonds. The number of nitrogens with zero attached hydrogens (tertiary/aromatic N) is 3. The van der Waals surface area contributed by atoms with E-state index in [1.165, 1.54) is 0 Å². The zero-order chi connectivity index (χ0) is 18.6. The molecule has 2 heterocycles. The molecule has 1 N–H and O–H groups in total. The smallest absolute Gasteiger partial charge is 0.227 e. The molecule has 0 saturated carbocycles. The third-order valence-electron chi connectivity index (χ3n) is 4.54. The Morgan fingerprint density at radius 3 is 2.81 bits per heavy atom. The Bertz CT molecular complexity index is 857. The van der Waals surface area contributed by atoms with Gasteiger partial charge >= 0.3 is 0 Å². The number of hydrogen-bond donors (Lipinski definition) is 1. The second-order valence-electron chi connectivity index (χ2n) is 6.25. The quantitative estimate of drug-likeness (QED) is 0.792. The van der Waals surface area contributed by atoms with Crippen LogP contribution in [0.5, 0.6) is 5.75 Å². The van der Waals surface area contributed by atoms with Gasteiger partial charge in [0.2, 0.25) is 5.95 Å².